The molecule has 3 atom stereocenters. The van der Waals surface area contributed by atoms with Crippen LogP contribution in [0.15, 0.2) is 4.52 Å². The summed E-state index contributed by atoms with van der Waals surface area (Å²) in [7, 11) is 2.14. The van der Waals surface area contributed by atoms with Crippen molar-refractivity contribution in [3.63, 3.8) is 0 Å². The zero-order valence-corrected chi connectivity index (χ0v) is 12.8. The lowest BCUT2D eigenvalue weighted by Gasteiger charge is -2.26. The van der Waals surface area contributed by atoms with E-state index in [-0.39, 0.29) is 0 Å². The molecule has 2 fully saturated rings. The number of hydrogen-bond acceptors (Lipinski definition) is 5. The molecule has 3 unspecified atom stereocenters. The van der Waals surface area contributed by atoms with Gasteiger partial charge in [0.15, 0.2) is 5.82 Å². The highest BCUT2D eigenvalue weighted by molar-refractivity contribution is 4.99. The van der Waals surface area contributed by atoms with E-state index in [0.717, 1.165) is 30.8 Å². The molecule has 5 heteroatoms. The molecule has 112 valence electrons. The first-order valence-electron chi connectivity index (χ1n) is 7.72. The zero-order valence-electron chi connectivity index (χ0n) is 12.8. The smallest absolute Gasteiger partial charge is 0.240 e. The Morgan fingerprint density at radius 1 is 1.35 bits per heavy atom. The first-order chi connectivity index (χ1) is 9.41. The fourth-order valence-corrected chi connectivity index (χ4v) is 3.88. The molecular formula is C15H26N4O. The predicted molar refractivity (Wildman–Crippen MR) is 76.8 cm³/mol. The van der Waals surface area contributed by atoms with Crippen LogP contribution in [0.4, 0.5) is 0 Å². The SMILES string of the molecule is CN(Cc1nc(C(C)(C)N)no1)CC1CC2CCC1C2. The number of nitrogens with two attached hydrogens (primary N) is 1. The zero-order chi connectivity index (χ0) is 14.3. The molecule has 0 radical (unpaired) electrons. The van der Waals surface area contributed by atoms with Crippen molar-refractivity contribution in [2.24, 2.45) is 23.5 Å². The Hall–Kier alpha value is -0.940. The van der Waals surface area contributed by atoms with Gasteiger partial charge in [-0.1, -0.05) is 11.6 Å². The molecule has 2 aliphatic rings. The molecule has 1 aromatic heterocycles. The normalized spacial score (nSPS) is 29.6. The summed E-state index contributed by atoms with van der Waals surface area (Å²) in [4.78, 5) is 6.71. The third-order valence-corrected chi connectivity index (χ3v) is 4.88. The molecule has 1 aromatic rings. The Balaban J connectivity index is 1.54. The van der Waals surface area contributed by atoms with Crippen molar-refractivity contribution in [2.75, 3.05) is 13.6 Å². The maximum absolute atomic E-state index is 5.98. The molecule has 2 aliphatic carbocycles. The van der Waals surface area contributed by atoms with E-state index in [1.807, 2.05) is 13.8 Å². The lowest BCUT2D eigenvalue weighted by Crippen LogP contribution is -2.30. The summed E-state index contributed by atoms with van der Waals surface area (Å²) < 4.78 is 5.31. The minimum Gasteiger partial charge on any atom is -0.338 e. The van der Waals surface area contributed by atoms with Gasteiger partial charge in [-0.25, -0.2) is 0 Å². The molecule has 2 bridgehead atoms. The van der Waals surface area contributed by atoms with Gasteiger partial charge < -0.3 is 10.3 Å². The van der Waals surface area contributed by atoms with Crippen molar-refractivity contribution < 1.29 is 4.52 Å². The van der Waals surface area contributed by atoms with Gasteiger partial charge in [0, 0.05) is 6.54 Å². The molecule has 0 amide bonds. The number of hydrogen-bond donors (Lipinski definition) is 1. The number of rotatable bonds is 5. The number of fused-ring (bicyclic) bond motifs is 2. The van der Waals surface area contributed by atoms with Crippen LogP contribution in [0.25, 0.3) is 0 Å². The van der Waals surface area contributed by atoms with Gasteiger partial charge in [-0.2, -0.15) is 4.98 Å². The maximum Gasteiger partial charge on any atom is 0.240 e. The van der Waals surface area contributed by atoms with Gasteiger partial charge in [0.05, 0.1) is 12.1 Å². The highest BCUT2D eigenvalue weighted by Gasteiger charge is 2.39. The van der Waals surface area contributed by atoms with Gasteiger partial charge >= 0.3 is 0 Å². The first-order valence-corrected chi connectivity index (χ1v) is 7.72. The average molecular weight is 278 g/mol. The standard InChI is InChI=1S/C15H26N4O/c1-15(2,16)14-17-13(20-18-14)9-19(3)8-12-7-10-4-5-11(12)6-10/h10-12H,4-9,16H2,1-3H3. The maximum atomic E-state index is 5.98. The molecule has 2 N–H and O–H groups in total. The monoisotopic (exact) mass is 278 g/mol. The second kappa shape index (κ2) is 5.11. The average Bonchev–Trinajstić information content (AvgIpc) is 3.02. The molecule has 0 aromatic carbocycles. The van der Waals surface area contributed by atoms with E-state index >= 15 is 0 Å². The Labute approximate surface area is 120 Å². The fraction of sp³-hybridized carbons (Fsp3) is 0.867. The quantitative estimate of drug-likeness (QED) is 0.893. The molecule has 20 heavy (non-hydrogen) atoms. The molecule has 3 rings (SSSR count). The van der Waals surface area contributed by atoms with Gasteiger partial charge in [-0.15, -0.1) is 0 Å². The van der Waals surface area contributed by atoms with Crippen molar-refractivity contribution >= 4 is 0 Å². The topological polar surface area (TPSA) is 68.2 Å². The van der Waals surface area contributed by atoms with Crippen LogP contribution in [0.2, 0.25) is 0 Å². The minimum absolute atomic E-state index is 0.537. The van der Waals surface area contributed by atoms with Crippen LogP contribution in [0.1, 0.15) is 51.2 Å². The summed E-state index contributed by atoms with van der Waals surface area (Å²) in [6.07, 6.45) is 5.78. The summed E-state index contributed by atoms with van der Waals surface area (Å²) in [5.74, 6) is 4.09. The summed E-state index contributed by atoms with van der Waals surface area (Å²) in [5, 5.41) is 3.97. The Morgan fingerprint density at radius 3 is 2.70 bits per heavy atom. The number of aromatic nitrogens is 2. The third-order valence-electron chi connectivity index (χ3n) is 4.88. The van der Waals surface area contributed by atoms with Crippen LogP contribution in [-0.4, -0.2) is 28.6 Å². The lowest BCUT2D eigenvalue weighted by molar-refractivity contribution is 0.195. The van der Waals surface area contributed by atoms with Gasteiger partial charge in [-0.3, -0.25) is 4.90 Å². The van der Waals surface area contributed by atoms with Crippen LogP contribution in [-0.2, 0) is 12.1 Å². The van der Waals surface area contributed by atoms with Crippen molar-refractivity contribution in [1.82, 2.24) is 15.0 Å². The molecule has 5 nitrogen and oxygen atoms in total. The van der Waals surface area contributed by atoms with Gasteiger partial charge in [-0.05, 0) is 57.9 Å². The second-order valence-electron chi connectivity index (χ2n) is 7.37. The van der Waals surface area contributed by atoms with E-state index in [1.54, 1.807) is 0 Å². The molecule has 0 aliphatic heterocycles. The van der Waals surface area contributed by atoms with Gasteiger partial charge in [0.1, 0.15) is 0 Å². The van der Waals surface area contributed by atoms with Crippen LogP contribution >= 0.6 is 0 Å². The van der Waals surface area contributed by atoms with Crippen LogP contribution in [0, 0.1) is 17.8 Å². The van der Waals surface area contributed by atoms with Crippen LogP contribution < -0.4 is 5.73 Å². The van der Waals surface area contributed by atoms with Gasteiger partial charge in [0.2, 0.25) is 5.89 Å². The van der Waals surface area contributed by atoms with Gasteiger partial charge in [0.25, 0.3) is 0 Å². The highest BCUT2D eigenvalue weighted by atomic mass is 16.5. The summed E-state index contributed by atoms with van der Waals surface area (Å²) in [5.41, 5.74) is 5.44. The Kier molecular flexibility index (Phi) is 3.58. The van der Waals surface area contributed by atoms with Crippen molar-refractivity contribution in [1.29, 1.82) is 0 Å². The van der Waals surface area contributed by atoms with E-state index in [9.17, 15) is 0 Å². The van der Waals surface area contributed by atoms with Crippen LogP contribution in [0.3, 0.4) is 0 Å². The first kappa shape index (κ1) is 14.0. The fourth-order valence-electron chi connectivity index (χ4n) is 3.88. The van der Waals surface area contributed by atoms with E-state index < -0.39 is 5.54 Å². The summed E-state index contributed by atoms with van der Waals surface area (Å²) in [6.45, 7) is 5.64. The largest absolute Gasteiger partial charge is 0.338 e. The molecular weight excluding hydrogens is 252 g/mol. The van der Waals surface area contributed by atoms with E-state index in [1.165, 1.54) is 25.7 Å². The summed E-state index contributed by atoms with van der Waals surface area (Å²) in [6, 6.07) is 0. The minimum atomic E-state index is -0.537. The summed E-state index contributed by atoms with van der Waals surface area (Å²) >= 11 is 0. The van der Waals surface area contributed by atoms with Crippen molar-refractivity contribution in [3.8, 4) is 0 Å². The third kappa shape index (κ3) is 2.88. The van der Waals surface area contributed by atoms with Crippen molar-refractivity contribution in [3.05, 3.63) is 11.7 Å². The second-order valence-corrected chi connectivity index (χ2v) is 7.37. The van der Waals surface area contributed by atoms with E-state index in [0.29, 0.717) is 11.7 Å². The molecule has 2 saturated carbocycles. The van der Waals surface area contributed by atoms with E-state index in [4.69, 9.17) is 10.3 Å². The highest BCUT2D eigenvalue weighted by Crippen LogP contribution is 2.48. The van der Waals surface area contributed by atoms with Crippen molar-refractivity contribution in [2.45, 2.75) is 51.6 Å². The van der Waals surface area contributed by atoms with Crippen LogP contribution in [0.5, 0.6) is 0 Å². The predicted octanol–water partition coefficient (Wildman–Crippen LogP) is 2.13. The molecule has 1 heterocycles. The molecule has 0 saturated heterocycles. The Bertz CT molecular complexity index is 465. The van der Waals surface area contributed by atoms with E-state index in [2.05, 4.69) is 22.1 Å². The lowest BCUT2D eigenvalue weighted by atomic mass is 9.88. The Morgan fingerprint density at radius 2 is 2.15 bits per heavy atom. The molecule has 0 spiro atoms. The number of nitrogens with zero attached hydrogens (tertiary/aromatic N) is 3.